The minimum absolute atomic E-state index is 0.285. The molecule has 4 heteroatoms. The highest BCUT2D eigenvalue weighted by Crippen LogP contribution is 2.24. The number of aromatic nitrogens is 1. The summed E-state index contributed by atoms with van der Waals surface area (Å²) in [6.45, 7) is 4.20. The van der Waals surface area contributed by atoms with Crippen molar-refractivity contribution in [2.45, 2.75) is 39.2 Å². The second-order valence-corrected chi connectivity index (χ2v) is 4.52. The lowest BCUT2D eigenvalue weighted by atomic mass is 10.1. The molecule has 1 atom stereocenters. The molecule has 0 radical (unpaired) electrons. The van der Waals surface area contributed by atoms with Crippen molar-refractivity contribution in [1.82, 2.24) is 4.57 Å². The molecule has 1 aromatic heterocycles. The van der Waals surface area contributed by atoms with Crippen LogP contribution >= 0.6 is 15.9 Å². The van der Waals surface area contributed by atoms with E-state index >= 15 is 0 Å². The quantitative estimate of drug-likeness (QED) is 0.889. The van der Waals surface area contributed by atoms with E-state index in [0.29, 0.717) is 5.69 Å². The molecule has 0 aliphatic carbocycles. The van der Waals surface area contributed by atoms with E-state index in [4.69, 9.17) is 5.11 Å². The van der Waals surface area contributed by atoms with E-state index in [-0.39, 0.29) is 6.04 Å². The number of carboxylic acids is 1. The Labute approximate surface area is 98.2 Å². The van der Waals surface area contributed by atoms with Crippen LogP contribution in [0.1, 0.15) is 49.6 Å². The van der Waals surface area contributed by atoms with Crippen LogP contribution in [0.25, 0.3) is 0 Å². The van der Waals surface area contributed by atoms with Gasteiger partial charge in [0.05, 0.1) is 0 Å². The lowest BCUT2D eigenvalue weighted by molar-refractivity contribution is 0.0682. The van der Waals surface area contributed by atoms with Crippen molar-refractivity contribution < 1.29 is 9.90 Å². The van der Waals surface area contributed by atoms with Crippen molar-refractivity contribution in [3.8, 4) is 0 Å². The van der Waals surface area contributed by atoms with E-state index in [2.05, 4.69) is 29.8 Å². The van der Waals surface area contributed by atoms with Gasteiger partial charge in [-0.05, 0) is 34.8 Å². The standard InChI is InChI=1S/C11H16BrNO2/c1-3-5-9(4-2)13-7-8(12)6-10(13)11(14)15/h6-7,9H,3-5H2,1-2H3,(H,14,15). The third-order valence-corrected chi connectivity index (χ3v) is 2.95. The molecular formula is C11H16BrNO2. The summed E-state index contributed by atoms with van der Waals surface area (Å²) in [6, 6.07) is 1.94. The number of nitrogens with zero attached hydrogens (tertiary/aromatic N) is 1. The third-order valence-electron chi connectivity index (χ3n) is 2.52. The molecule has 0 aromatic carbocycles. The van der Waals surface area contributed by atoms with Crippen LogP contribution < -0.4 is 0 Å². The molecule has 0 spiro atoms. The Kier molecular flexibility index (Phi) is 4.39. The van der Waals surface area contributed by atoms with Crippen molar-refractivity contribution in [3.05, 3.63) is 22.4 Å². The summed E-state index contributed by atoms with van der Waals surface area (Å²) in [5.41, 5.74) is 0.363. The molecule has 0 bridgehead atoms. The summed E-state index contributed by atoms with van der Waals surface area (Å²) in [6.07, 6.45) is 4.88. The number of halogens is 1. The van der Waals surface area contributed by atoms with E-state index < -0.39 is 5.97 Å². The Morgan fingerprint density at radius 1 is 1.60 bits per heavy atom. The van der Waals surface area contributed by atoms with Gasteiger partial charge < -0.3 is 9.67 Å². The lowest BCUT2D eigenvalue weighted by Crippen LogP contribution is -2.13. The molecular weight excluding hydrogens is 258 g/mol. The Morgan fingerprint density at radius 3 is 2.73 bits per heavy atom. The van der Waals surface area contributed by atoms with Gasteiger partial charge in [0, 0.05) is 16.7 Å². The number of carboxylic acid groups (broad SMARTS) is 1. The van der Waals surface area contributed by atoms with Gasteiger partial charge in [-0.15, -0.1) is 0 Å². The van der Waals surface area contributed by atoms with Gasteiger partial charge in [-0.2, -0.15) is 0 Å². The maximum absolute atomic E-state index is 11.0. The minimum atomic E-state index is -0.866. The molecule has 0 fully saturated rings. The van der Waals surface area contributed by atoms with Gasteiger partial charge in [-0.25, -0.2) is 4.79 Å². The molecule has 84 valence electrons. The highest BCUT2D eigenvalue weighted by molar-refractivity contribution is 9.10. The summed E-state index contributed by atoms with van der Waals surface area (Å²) >= 11 is 3.32. The van der Waals surface area contributed by atoms with Crippen LogP contribution in [0.2, 0.25) is 0 Å². The number of rotatable bonds is 5. The predicted octanol–water partition coefficient (Wildman–Crippen LogP) is 3.70. The topological polar surface area (TPSA) is 42.2 Å². The first-order valence-corrected chi connectivity index (χ1v) is 6.00. The van der Waals surface area contributed by atoms with Crippen LogP contribution in [0.3, 0.4) is 0 Å². The van der Waals surface area contributed by atoms with Crippen LogP contribution in [-0.4, -0.2) is 15.6 Å². The van der Waals surface area contributed by atoms with Crippen LogP contribution in [0.5, 0.6) is 0 Å². The van der Waals surface area contributed by atoms with E-state index in [1.54, 1.807) is 6.07 Å². The van der Waals surface area contributed by atoms with E-state index in [9.17, 15) is 4.79 Å². The first-order valence-electron chi connectivity index (χ1n) is 5.20. The molecule has 0 saturated heterocycles. The molecule has 0 amide bonds. The molecule has 1 N–H and O–H groups in total. The fraction of sp³-hybridized carbons (Fsp3) is 0.545. The summed E-state index contributed by atoms with van der Waals surface area (Å²) in [5, 5.41) is 9.05. The first kappa shape index (κ1) is 12.3. The number of carbonyl (C=O) groups is 1. The average Bonchev–Trinajstić information content (AvgIpc) is 2.56. The maximum Gasteiger partial charge on any atom is 0.352 e. The zero-order valence-corrected chi connectivity index (χ0v) is 10.6. The molecule has 15 heavy (non-hydrogen) atoms. The summed E-state index contributed by atoms with van der Waals surface area (Å²) in [5.74, 6) is -0.866. The Hall–Kier alpha value is -0.770. The van der Waals surface area contributed by atoms with Crippen molar-refractivity contribution in [2.75, 3.05) is 0 Å². The van der Waals surface area contributed by atoms with Crippen LogP contribution in [0, 0.1) is 0 Å². The first-order chi connectivity index (χ1) is 7.10. The number of hydrogen-bond donors (Lipinski definition) is 1. The van der Waals surface area contributed by atoms with Gasteiger partial charge in [0.2, 0.25) is 0 Å². The fourth-order valence-corrected chi connectivity index (χ4v) is 2.23. The SMILES string of the molecule is CCCC(CC)n1cc(Br)cc1C(=O)O. The second kappa shape index (κ2) is 5.35. The van der Waals surface area contributed by atoms with Gasteiger partial charge in [0.1, 0.15) is 5.69 Å². The monoisotopic (exact) mass is 273 g/mol. The molecule has 0 aliphatic heterocycles. The molecule has 1 unspecified atom stereocenters. The highest BCUT2D eigenvalue weighted by atomic mass is 79.9. The third kappa shape index (κ3) is 2.84. The van der Waals surface area contributed by atoms with Gasteiger partial charge in [-0.3, -0.25) is 0 Å². The molecule has 0 aliphatic rings. The van der Waals surface area contributed by atoms with E-state index in [1.807, 2.05) is 10.8 Å². The van der Waals surface area contributed by atoms with Crippen molar-refractivity contribution in [2.24, 2.45) is 0 Å². The Bertz CT molecular complexity index is 346. The number of hydrogen-bond acceptors (Lipinski definition) is 1. The lowest BCUT2D eigenvalue weighted by Gasteiger charge is -2.17. The fourth-order valence-electron chi connectivity index (χ4n) is 1.79. The summed E-state index contributed by atoms with van der Waals surface area (Å²) in [4.78, 5) is 11.0. The molecule has 1 heterocycles. The summed E-state index contributed by atoms with van der Waals surface area (Å²) in [7, 11) is 0. The Balaban J connectivity index is 3.04. The van der Waals surface area contributed by atoms with Crippen LogP contribution in [0.15, 0.2) is 16.7 Å². The van der Waals surface area contributed by atoms with Gasteiger partial charge in [-0.1, -0.05) is 20.3 Å². The van der Waals surface area contributed by atoms with Gasteiger partial charge in [0.25, 0.3) is 0 Å². The largest absolute Gasteiger partial charge is 0.477 e. The van der Waals surface area contributed by atoms with Gasteiger partial charge >= 0.3 is 5.97 Å². The molecule has 3 nitrogen and oxygen atoms in total. The normalized spacial score (nSPS) is 12.7. The maximum atomic E-state index is 11.0. The van der Waals surface area contributed by atoms with Crippen LogP contribution in [0.4, 0.5) is 0 Å². The second-order valence-electron chi connectivity index (χ2n) is 3.61. The highest BCUT2D eigenvalue weighted by Gasteiger charge is 2.17. The van der Waals surface area contributed by atoms with E-state index in [1.165, 1.54) is 0 Å². The zero-order chi connectivity index (χ0) is 11.4. The molecule has 1 rings (SSSR count). The zero-order valence-electron chi connectivity index (χ0n) is 9.03. The van der Waals surface area contributed by atoms with Crippen molar-refractivity contribution in [3.63, 3.8) is 0 Å². The number of aromatic carboxylic acids is 1. The Morgan fingerprint density at radius 2 is 2.27 bits per heavy atom. The van der Waals surface area contributed by atoms with Crippen molar-refractivity contribution >= 4 is 21.9 Å². The molecule has 1 aromatic rings. The van der Waals surface area contributed by atoms with E-state index in [0.717, 1.165) is 23.7 Å². The minimum Gasteiger partial charge on any atom is -0.477 e. The summed E-state index contributed by atoms with van der Waals surface area (Å²) < 4.78 is 2.69. The smallest absolute Gasteiger partial charge is 0.352 e. The van der Waals surface area contributed by atoms with Gasteiger partial charge in [0.15, 0.2) is 0 Å². The molecule has 0 saturated carbocycles. The van der Waals surface area contributed by atoms with Crippen molar-refractivity contribution in [1.29, 1.82) is 0 Å². The average molecular weight is 274 g/mol. The predicted molar refractivity (Wildman–Crippen MR) is 63.3 cm³/mol. The van der Waals surface area contributed by atoms with Crippen LogP contribution in [-0.2, 0) is 0 Å².